The first kappa shape index (κ1) is 11.8. The molecule has 0 aliphatic heterocycles. The molecule has 0 saturated heterocycles. The number of hydrogen-bond donors (Lipinski definition) is 1. The van der Waals surface area contributed by atoms with Crippen LogP contribution in [0, 0.1) is 13.8 Å². The van der Waals surface area contributed by atoms with Crippen LogP contribution in [0.4, 0.5) is 5.82 Å². The monoisotopic (exact) mass is 251 g/mol. The molecule has 0 fully saturated rings. The van der Waals surface area contributed by atoms with E-state index in [2.05, 4.69) is 12.0 Å². The molecule has 0 radical (unpaired) electrons. The first-order valence-corrected chi connectivity index (χ1v) is 5.62. The predicted molar refractivity (Wildman–Crippen MR) is 68.2 cm³/mol. The Balaban J connectivity index is 2.04. The number of aryl methyl sites for hydroxylation is 2. The molecule has 0 amide bonds. The highest BCUT2D eigenvalue weighted by Crippen LogP contribution is 2.18. The molecule has 1 heterocycles. The molecule has 1 aromatic heterocycles. The molecule has 2 rings (SSSR count). The average Bonchev–Trinajstić information content (AvgIpc) is 2.60. The molecule has 0 bridgehead atoms. The fourth-order valence-electron chi connectivity index (χ4n) is 1.42. The van der Waals surface area contributed by atoms with Gasteiger partial charge >= 0.3 is 0 Å². The second-order valence-corrected chi connectivity index (χ2v) is 4.33. The Bertz CT molecular complexity index is 517. The highest BCUT2D eigenvalue weighted by atomic mass is 35.5. The van der Waals surface area contributed by atoms with E-state index in [0.29, 0.717) is 17.6 Å². The normalized spacial score (nSPS) is 10.5. The molecular weight excluding hydrogens is 238 g/mol. The molecule has 5 heteroatoms. The molecule has 4 nitrogen and oxygen atoms in total. The fraction of sp³-hybridized carbons (Fsp3) is 0.250. The number of ether oxygens (including phenoxy) is 1. The molecule has 1 aromatic carbocycles. The molecule has 2 aromatic rings. The average molecular weight is 252 g/mol. The maximum Gasteiger partial charge on any atom is 0.181 e. The van der Waals surface area contributed by atoms with Crippen molar-refractivity contribution in [2.45, 2.75) is 20.6 Å². The quantitative estimate of drug-likeness (QED) is 0.913. The molecule has 2 N–H and O–H groups in total. The molecule has 0 saturated carbocycles. The summed E-state index contributed by atoms with van der Waals surface area (Å²) in [5.74, 6) is 1.12. The van der Waals surface area contributed by atoms with Gasteiger partial charge in [-0.05, 0) is 37.1 Å². The van der Waals surface area contributed by atoms with Crippen molar-refractivity contribution in [3.05, 3.63) is 40.5 Å². The minimum atomic E-state index is 0.291. The molecule has 90 valence electrons. The zero-order valence-electron chi connectivity index (χ0n) is 9.77. The number of aromatic nitrogens is 2. The van der Waals surface area contributed by atoms with Gasteiger partial charge in [-0.1, -0.05) is 17.7 Å². The summed E-state index contributed by atoms with van der Waals surface area (Å²) in [7, 11) is 0. The Hall–Kier alpha value is -1.68. The van der Waals surface area contributed by atoms with Crippen LogP contribution in [0.2, 0.25) is 5.02 Å². The summed E-state index contributed by atoms with van der Waals surface area (Å²) in [4.78, 5) is 0. The summed E-state index contributed by atoms with van der Waals surface area (Å²) in [5.41, 5.74) is 7.97. The van der Waals surface area contributed by atoms with Crippen LogP contribution in [0.5, 0.6) is 5.75 Å². The lowest BCUT2D eigenvalue weighted by atomic mass is 10.1. The van der Waals surface area contributed by atoms with E-state index in [-0.39, 0.29) is 0 Å². The van der Waals surface area contributed by atoms with Crippen molar-refractivity contribution in [1.29, 1.82) is 0 Å². The van der Waals surface area contributed by atoms with Crippen LogP contribution in [0.25, 0.3) is 0 Å². The number of benzene rings is 1. The Morgan fingerprint density at radius 2 is 2.12 bits per heavy atom. The third-order valence-corrected chi connectivity index (χ3v) is 2.88. The Kier molecular flexibility index (Phi) is 3.24. The van der Waals surface area contributed by atoms with Gasteiger partial charge < -0.3 is 10.5 Å². The number of rotatable bonds is 3. The largest absolute Gasteiger partial charge is 0.471 e. The van der Waals surface area contributed by atoms with Gasteiger partial charge in [0.15, 0.2) is 12.5 Å². The lowest BCUT2D eigenvalue weighted by Crippen LogP contribution is -2.06. The minimum Gasteiger partial charge on any atom is -0.471 e. The molecule has 0 atom stereocenters. The van der Waals surface area contributed by atoms with E-state index in [1.807, 2.05) is 25.1 Å². The summed E-state index contributed by atoms with van der Waals surface area (Å²) in [6.45, 7) is 4.40. The van der Waals surface area contributed by atoms with Crippen LogP contribution < -0.4 is 10.5 Å². The van der Waals surface area contributed by atoms with Gasteiger partial charge in [0.25, 0.3) is 0 Å². The van der Waals surface area contributed by atoms with E-state index in [0.717, 1.165) is 5.75 Å². The summed E-state index contributed by atoms with van der Waals surface area (Å²) in [6.07, 6.45) is 1.64. The number of nitrogens with zero attached hydrogens (tertiary/aromatic N) is 2. The predicted octanol–water partition coefficient (Wildman–Crippen LogP) is 2.77. The third-order valence-electron chi connectivity index (χ3n) is 2.59. The van der Waals surface area contributed by atoms with Gasteiger partial charge in [-0.2, -0.15) is 5.10 Å². The number of anilines is 1. The summed E-state index contributed by atoms with van der Waals surface area (Å²) in [5, 5.41) is 4.44. The van der Waals surface area contributed by atoms with Crippen molar-refractivity contribution < 1.29 is 4.74 Å². The van der Waals surface area contributed by atoms with E-state index in [4.69, 9.17) is 22.1 Å². The summed E-state index contributed by atoms with van der Waals surface area (Å²) >= 11 is 5.79. The van der Waals surface area contributed by atoms with Gasteiger partial charge in [0, 0.05) is 6.20 Å². The lowest BCUT2D eigenvalue weighted by Gasteiger charge is -2.08. The summed E-state index contributed by atoms with van der Waals surface area (Å²) in [6, 6.07) is 5.94. The molecule has 0 spiro atoms. The standard InChI is InChI=1S/C12H14ClN3O/c1-8-3-4-10(5-9(8)2)17-7-16-6-11(13)12(14)15-16/h3-6H,7H2,1-2H3,(H2,14,15). The van der Waals surface area contributed by atoms with Gasteiger partial charge in [-0.15, -0.1) is 0 Å². The number of hydrogen-bond acceptors (Lipinski definition) is 3. The zero-order valence-corrected chi connectivity index (χ0v) is 10.5. The van der Waals surface area contributed by atoms with Crippen molar-refractivity contribution in [2.75, 3.05) is 5.73 Å². The van der Waals surface area contributed by atoms with Crippen molar-refractivity contribution in [1.82, 2.24) is 9.78 Å². The van der Waals surface area contributed by atoms with Crippen LogP contribution in [0.1, 0.15) is 11.1 Å². The van der Waals surface area contributed by atoms with Crippen LogP contribution in [-0.2, 0) is 6.73 Å². The zero-order chi connectivity index (χ0) is 12.4. The third kappa shape index (κ3) is 2.71. The van der Waals surface area contributed by atoms with Crippen LogP contribution >= 0.6 is 11.6 Å². The second-order valence-electron chi connectivity index (χ2n) is 3.92. The van der Waals surface area contributed by atoms with Gasteiger partial charge in [0.1, 0.15) is 10.8 Å². The fourth-order valence-corrected chi connectivity index (χ4v) is 1.57. The van der Waals surface area contributed by atoms with Gasteiger partial charge in [-0.3, -0.25) is 0 Å². The number of halogens is 1. The Labute approximate surface area is 105 Å². The number of nitrogen functional groups attached to an aromatic ring is 1. The van der Waals surface area contributed by atoms with Crippen molar-refractivity contribution in [2.24, 2.45) is 0 Å². The van der Waals surface area contributed by atoms with Crippen molar-refractivity contribution in [3.63, 3.8) is 0 Å². The highest BCUT2D eigenvalue weighted by Gasteiger charge is 2.03. The molecule has 0 unspecified atom stereocenters. The van der Waals surface area contributed by atoms with E-state index in [1.165, 1.54) is 11.1 Å². The number of nitrogens with two attached hydrogens (primary N) is 1. The first-order chi connectivity index (χ1) is 8.06. The smallest absolute Gasteiger partial charge is 0.181 e. The van der Waals surface area contributed by atoms with Crippen molar-refractivity contribution in [3.8, 4) is 5.75 Å². The minimum absolute atomic E-state index is 0.291. The van der Waals surface area contributed by atoms with Crippen LogP contribution in [0.15, 0.2) is 24.4 Å². The van der Waals surface area contributed by atoms with Crippen molar-refractivity contribution >= 4 is 17.4 Å². The Morgan fingerprint density at radius 3 is 2.71 bits per heavy atom. The molecular formula is C12H14ClN3O. The first-order valence-electron chi connectivity index (χ1n) is 5.25. The van der Waals surface area contributed by atoms with Crippen LogP contribution in [-0.4, -0.2) is 9.78 Å². The van der Waals surface area contributed by atoms with E-state index in [9.17, 15) is 0 Å². The SMILES string of the molecule is Cc1ccc(OCn2cc(Cl)c(N)n2)cc1C. The Morgan fingerprint density at radius 1 is 1.35 bits per heavy atom. The molecule has 0 aliphatic rings. The maximum absolute atomic E-state index is 5.79. The van der Waals surface area contributed by atoms with E-state index >= 15 is 0 Å². The maximum atomic E-state index is 5.79. The summed E-state index contributed by atoms with van der Waals surface area (Å²) < 4.78 is 7.14. The van der Waals surface area contributed by atoms with Gasteiger partial charge in [0.2, 0.25) is 0 Å². The van der Waals surface area contributed by atoms with Gasteiger partial charge in [0.05, 0.1) is 0 Å². The van der Waals surface area contributed by atoms with E-state index < -0.39 is 0 Å². The lowest BCUT2D eigenvalue weighted by molar-refractivity contribution is 0.221. The van der Waals surface area contributed by atoms with E-state index in [1.54, 1.807) is 10.9 Å². The molecule has 0 aliphatic carbocycles. The highest BCUT2D eigenvalue weighted by molar-refractivity contribution is 6.32. The second kappa shape index (κ2) is 4.67. The molecule has 17 heavy (non-hydrogen) atoms. The van der Waals surface area contributed by atoms with Gasteiger partial charge in [-0.25, -0.2) is 4.68 Å². The van der Waals surface area contributed by atoms with Crippen LogP contribution in [0.3, 0.4) is 0 Å². The topological polar surface area (TPSA) is 53.1 Å².